The maximum Gasteiger partial charge on any atom is 0.0329 e. The van der Waals surface area contributed by atoms with E-state index in [2.05, 4.69) is 23.8 Å². The maximum atomic E-state index is 6.19. The highest BCUT2D eigenvalue weighted by Crippen LogP contribution is 2.32. The fourth-order valence-corrected chi connectivity index (χ4v) is 4.16. The van der Waals surface area contributed by atoms with Gasteiger partial charge in [-0.3, -0.25) is 9.80 Å². The Bertz CT molecular complexity index is 259. The summed E-state index contributed by atoms with van der Waals surface area (Å²) >= 11 is 0. The first-order valence-electron chi connectivity index (χ1n) is 8.37. The van der Waals surface area contributed by atoms with Gasteiger partial charge >= 0.3 is 0 Å². The first kappa shape index (κ1) is 15.3. The molecule has 2 N–H and O–H groups in total. The third-order valence-corrected chi connectivity index (χ3v) is 5.61. The predicted octanol–water partition coefficient (Wildman–Crippen LogP) is 2.45. The van der Waals surface area contributed by atoms with Crippen molar-refractivity contribution in [2.45, 2.75) is 69.9 Å². The van der Waals surface area contributed by atoms with E-state index in [1.807, 2.05) is 0 Å². The van der Waals surface area contributed by atoms with Gasteiger partial charge in [0, 0.05) is 24.7 Å². The van der Waals surface area contributed by atoms with Crippen LogP contribution in [-0.4, -0.2) is 54.6 Å². The number of nitrogens with two attached hydrogens (primary N) is 1. The van der Waals surface area contributed by atoms with E-state index in [0.29, 0.717) is 5.54 Å². The van der Waals surface area contributed by atoms with Gasteiger partial charge in [-0.15, -0.1) is 0 Å². The normalized spacial score (nSPS) is 28.7. The van der Waals surface area contributed by atoms with Crippen molar-refractivity contribution >= 4 is 0 Å². The highest BCUT2D eigenvalue weighted by molar-refractivity contribution is 4.94. The summed E-state index contributed by atoms with van der Waals surface area (Å²) in [7, 11) is 2.32. The fraction of sp³-hybridized carbons (Fsp3) is 1.00. The first-order valence-corrected chi connectivity index (χ1v) is 8.37. The number of nitrogens with zero attached hydrogens (tertiary/aromatic N) is 2. The standard InChI is InChI=1S/C16H33N3/c1-3-19-12-8-9-15(19)13-18(2)16(14-17)10-6-4-5-7-11-16/h15H,3-14,17H2,1-2H3. The largest absolute Gasteiger partial charge is 0.329 e. The molecule has 0 bridgehead atoms. The van der Waals surface area contributed by atoms with Crippen LogP contribution >= 0.6 is 0 Å². The summed E-state index contributed by atoms with van der Waals surface area (Å²) < 4.78 is 0. The molecule has 19 heavy (non-hydrogen) atoms. The van der Waals surface area contributed by atoms with E-state index in [0.717, 1.165) is 12.6 Å². The van der Waals surface area contributed by atoms with Crippen LogP contribution in [0.3, 0.4) is 0 Å². The molecule has 1 unspecified atom stereocenters. The Balaban J connectivity index is 1.97. The molecule has 1 aliphatic carbocycles. The van der Waals surface area contributed by atoms with Gasteiger partial charge in [-0.1, -0.05) is 32.6 Å². The van der Waals surface area contributed by atoms with Gasteiger partial charge in [-0.25, -0.2) is 0 Å². The summed E-state index contributed by atoms with van der Waals surface area (Å²) in [5, 5.41) is 0. The lowest BCUT2D eigenvalue weighted by molar-refractivity contribution is 0.0771. The van der Waals surface area contributed by atoms with E-state index in [9.17, 15) is 0 Å². The Kier molecular flexibility index (Phi) is 5.67. The minimum Gasteiger partial charge on any atom is -0.329 e. The van der Waals surface area contributed by atoms with Gasteiger partial charge in [-0.2, -0.15) is 0 Å². The molecule has 3 nitrogen and oxygen atoms in total. The minimum atomic E-state index is 0.290. The van der Waals surface area contributed by atoms with Crippen LogP contribution in [0.4, 0.5) is 0 Å². The van der Waals surface area contributed by atoms with Gasteiger partial charge in [0.25, 0.3) is 0 Å². The molecule has 2 rings (SSSR count). The average molecular weight is 267 g/mol. The Labute approximate surface area is 119 Å². The minimum absolute atomic E-state index is 0.290. The van der Waals surface area contributed by atoms with Crippen molar-refractivity contribution in [1.82, 2.24) is 9.80 Å². The van der Waals surface area contributed by atoms with Gasteiger partial charge in [0.15, 0.2) is 0 Å². The summed E-state index contributed by atoms with van der Waals surface area (Å²) in [5.74, 6) is 0. The third kappa shape index (κ3) is 3.50. The van der Waals surface area contributed by atoms with Crippen LogP contribution < -0.4 is 5.73 Å². The molecule has 0 radical (unpaired) electrons. The topological polar surface area (TPSA) is 32.5 Å². The molecule has 2 aliphatic rings. The summed E-state index contributed by atoms with van der Waals surface area (Å²) in [6.07, 6.45) is 10.9. The third-order valence-electron chi connectivity index (χ3n) is 5.61. The van der Waals surface area contributed by atoms with Gasteiger partial charge in [0.05, 0.1) is 0 Å². The highest BCUT2D eigenvalue weighted by atomic mass is 15.3. The molecule has 3 heteroatoms. The molecule has 2 fully saturated rings. The van der Waals surface area contributed by atoms with Gasteiger partial charge in [0.1, 0.15) is 0 Å². The van der Waals surface area contributed by atoms with Crippen LogP contribution in [0.25, 0.3) is 0 Å². The van der Waals surface area contributed by atoms with Crippen molar-refractivity contribution in [3.8, 4) is 0 Å². The number of likely N-dealkylation sites (tertiary alicyclic amines) is 1. The fourth-order valence-electron chi connectivity index (χ4n) is 4.16. The van der Waals surface area contributed by atoms with E-state index >= 15 is 0 Å². The smallest absolute Gasteiger partial charge is 0.0329 e. The van der Waals surface area contributed by atoms with Crippen molar-refractivity contribution in [3.05, 3.63) is 0 Å². The van der Waals surface area contributed by atoms with E-state index in [1.165, 1.54) is 71.0 Å². The second kappa shape index (κ2) is 7.05. The Morgan fingerprint density at radius 3 is 2.42 bits per heavy atom. The zero-order valence-electron chi connectivity index (χ0n) is 13.0. The van der Waals surface area contributed by atoms with Gasteiger partial charge in [0.2, 0.25) is 0 Å². The molecule has 1 aliphatic heterocycles. The molecule has 1 saturated heterocycles. The molecular formula is C16H33N3. The second-order valence-corrected chi connectivity index (χ2v) is 6.65. The summed E-state index contributed by atoms with van der Waals surface area (Å²) in [6, 6.07) is 0.765. The van der Waals surface area contributed by atoms with E-state index in [1.54, 1.807) is 0 Å². The van der Waals surface area contributed by atoms with E-state index < -0.39 is 0 Å². The van der Waals surface area contributed by atoms with Crippen molar-refractivity contribution in [2.75, 3.05) is 33.2 Å². The Hall–Kier alpha value is -0.120. The zero-order chi connectivity index (χ0) is 13.7. The average Bonchev–Trinajstić information content (AvgIpc) is 2.73. The Morgan fingerprint density at radius 1 is 1.16 bits per heavy atom. The van der Waals surface area contributed by atoms with Crippen molar-refractivity contribution in [1.29, 1.82) is 0 Å². The second-order valence-electron chi connectivity index (χ2n) is 6.65. The molecule has 112 valence electrons. The summed E-state index contributed by atoms with van der Waals surface area (Å²) in [6.45, 7) is 6.84. The number of rotatable bonds is 5. The maximum absolute atomic E-state index is 6.19. The molecular weight excluding hydrogens is 234 g/mol. The lowest BCUT2D eigenvalue weighted by Crippen LogP contribution is -2.55. The van der Waals surface area contributed by atoms with Gasteiger partial charge in [-0.05, 0) is 45.8 Å². The molecule has 0 amide bonds. The Morgan fingerprint density at radius 2 is 1.84 bits per heavy atom. The van der Waals surface area contributed by atoms with Crippen LogP contribution in [0.2, 0.25) is 0 Å². The van der Waals surface area contributed by atoms with Crippen LogP contribution in [0.1, 0.15) is 58.3 Å². The number of likely N-dealkylation sites (N-methyl/N-ethyl adjacent to an activating group) is 2. The molecule has 0 aromatic rings. The van der Waals surface area contributed by atoms with E-state index in [4.69, 9.17) is 5.73 Å². The summed E-state index contributed by atoms with van der Waals surface area (Å²) in [4.78, 5) is 5.27. The molecule has 0 aromatic heterocycles. The van der Waals surface area contributed by atoms with Crippen LogP contribution in [-0.2, 0) is 0 Å². The highest BCUT2D eigenvalue weighted by Gasteiger charge is 2.36. The molecule has 0 aromatic carbocycles. The lowest BCUT2D eigenvalue weighted by atomic mass is 9.88. The SMILES string of the molecule is CCN1CCCC1CN(C)C1(CN)CCCCCC1. The zero-order valence-corrected chi connectivity index (χ0v) is 13.0. The van der Waals surface area contributed by atoms with Crippen LogP contribution in [0, 0.1) is 0 Å². The number of hydrogen-bond acceptors (Lipinski definition) is 3. The molecule has 1 atom stereocenters. The van der Waals surface area contributed by atoms with Crippen molar-refractivity contribution in [3.63, 3.8) is 0 Å². The van der Waals surface area contributed by atoms with Crippen LogP contribution in [0.15, 0.2) is 0 Å². The molecule has 1 saturated carbocycles. The number of hydrogen-bond donors (Lipinski definition) is 1. The summed E-state index contributed by atoms with van der Waals surface area (Å²) in [5.41, 5.74) is 6.48. The quantitative estimate of drug-likeness (QED) is 0.777. The first-order chi connectivity index (χ1) is 9.22. The van der Waals surface area contributed by atoms with Crippen LogP contribution in [0.5, 0.6) is 0 Å². The van der Waals surface area contributed by atoms with Crippen molar-refractivity contribution in [2.24, 2.45) is 5.73 Å². The van der Waals surface area contributed by atoms with Crippen molar-refractivity contribution < 1.29 is 0 Å². The monoisotopic (exact) mass is 267 g/mol. The van der Waals surface area contributed by atoms with Gasteiger partial charge < -0.3 is 5.73 Å². The molecule has 1 heterocycles. The molecule has 0 spiro atoms. The predicted molar refractivity (Wildman–Crippen MR) is 82.4 cm³/mol. The lowest BCUT2D eigenvalue weighted by Gasteiger charge is -2.43. The van der Waals surface area contributed by atoms with E-state index in [-0.39, 0.29) is 0 Å².